The van der Waals surface area contributed by atoms with Crippen molar-refractivity contribution in [3.8, 4) is 0 Å². The summed E-state index contributed by atoms with van der Waals surface area (Å²) in [6.07, 6.45) is 2.88. The topological polar surface area (TPSA) is 55.7 Å². The van der Waals surface area contributed by atoms with Crippen LogP contribution in [-0.2, 0) is 9.53 Å². The quantitative estimate of drug-likeness (QED) is 0.487. The van der Waals surface area contributed by atoms with Gasteiger partial charge in [0.25, 0.3) is 0 Å². The lowest BCUT2D eigenvalue weighted by atomic mass is 9.94. The normalized spacial score (nSPS) is 24.6. The van der Waals surface area contributed by atoms with Crippen LogP contribution in [0.4, 0.5) is 0 Å². The Bertz CT molecular complexity index is 629. The van der Waals surface area contributed by atoms with E-state index < -0.39 is 17.1 Å². The molecule has 0 saturated carbocycles. The third-order valence-electron chi connectivity index (χ3n) is 3.65. The van der Waals surface area contributed by atoms with Gasteiger partial charge in [-0.15, -0.1) is 0 Å². The zero-order chi connectivity index (χ0) is 15.7. The zero-order valence-electron chi connectivity index (χ0n) is 12.7. The van der Waals surface area contributed by atoms with Crippen molar-refractivity contribution in [3.05, 3.63) is 48.0 Å². The number of nitrogens with zero attached hydrogens (tertiary/aromatic N) is 1. The monoisotopic (exact) mass is 285 g/mol. The number of carbonyl (C=O) groups is 2. The fraction of sp³-hybridized carbons (Fsp3) is 0.353. The van der Waals surface area contributed by atoms with Gasteiger partial charge in [0.1, 0.15) is 5.60 Å². The molecule has 1 aliphatic heterocycles. The van der Waals surface area contributed by atoms with E-state index in [9.17, 15) is 9.59 Å². The van der Waals surface area contributed by atoms with Crippen LogP contribution in [0.15, 0.2) is 47.5 Å². The second kappa shape index (κ2) is 5.28. The van der Waals surface area contributed by atoms with Gasteiger partial charge in [-0.3, -0.25) is 9.79 Å². The number of hydrogen-bond donors (Lipinski definition) is 0. The summed E-state index contributed by atoms with van der Waals surface area (Å²) in [6.45, 7) is 7.05. The number of cyclic esters (lactones) is 1. The van der Waals surface area contributed by atoms with Crippen molar-refractivity contribution in [1.29, 1.82) is 0 Å². The molecule has 0 spiro atoms. The molecule has 21 heavy (non-hydrogen) atoms. The highest BCUT2D eigenvalue weighted by Crippen LogP contribution is 2.28. The van der Waals surface area contributed by atoms with Crippen molar-refractivity contribution < 1.29 is 14.3 Å². The van der Waals surface area contributed by atoms with E-state index in [0.717, 1.165) is 5.71 Å². The average molecular weight is 285 g/mol. The van der Waals surface area contributed by atoms with Crippen LogP contribution >= 0.6 is 0 Å². The maximum Gasteiger partial charge on any atom is 0.338 e. The molecule has 4 nitrogen and oxygen atoms in total. The molecular formula is C17H19NO3. The van der Waals surface area contributed by atoms with E-state index in [0.29, 0.717) is 5.56 Å². The van der Waals surface area contributed by atoms with Gasteiger partial charge < -0.3 is 4.74 Å². The standard InChI is InChI=1S/C17H19NO3/c1-12-16(2,3)21-15(20)17(4,18-12)11-10-14(19)13-8-6-5-7-9-13/h5-11H,1-4H3/b11-10-. The maximum absolute atomic E-state index is 12.1. The Labute approximate surface area is 124 Å². The predicted molar refractivity (Wildman–Crippen MR) is 81.6 cm³/mol. The summed E-state index contributed by atoms with van der Waals surface area (Å²) >= 11 is 0. The molecule has 1 aromatic carbocycles. The van der Waals surface area contributed by atoms with Crippen molar-refractivity contribution >= 4 is 17.5 Å². The number of aliphatic imine (C=N–C) groups is 1. The first-order valence-corrected chi connectivity index (χ1v) is 6.84. The van der Waals surface area contributed by atoms with E-state index in [1.807, 2.05) is 13.0 Å². The van der Waals surface area contributed by atoms with Gasteiger partial charge in [-0.1, -0.05) is 30.3 Å². The Morgan fingerprint density at radius 2 is 1.81 bits per heavy atom. The summed E-state index contributed by atoms with van der Waals surface area (Å²) in [5, 5.41) is 0. The molecule has 0 amide bonds. The molecule has 0 aromatic heterocycles. The molecule has 0 radical (unpaired) electrons. The Morgan fingerprint density at radius 1 is 1.19 bits per heavy atom. The number of esters is 1. The molecule has 0 bridgehead atoms. The minimum absolute atomic E-state index is 0.165. The number of benzene rings is 1. The van der Waals surface area contributed by atoms with Gasteiger partial charge in [-0.25, -0.2) is 4.79 Å². The fourth-order valence-electron chi connectivity index (χ4n) is 1.98. The van der Waals surface area contributed by atoms with Gasteiger partial charge >= 0.3 is 5.97 Å². The molecular weight excluding hydrogens is 266 g/mol. The van der Waals surface area contributed by atoms with Crippen LogP contribution in [0.5, 0.6) is 0 Å². The molecule has 1 aliphatic rings. The summed E-state index contributed by atoms with van der Waals surface area (Å²) in [7, 11) is 0. The second-order valence-corrected chi connectivity index (χ2v) is 5.81. The lowest BCUT2D eigenvalue weighted by Gasteiger charge is -2.35. The number of rotatable bonds is 3. The Kier molecular flexibility index (Phi) is 3.81. The summed E-state index contributed by atoms with van der Waals surface area (Å²) < 4.78 is 5.41. The van der Waals surface area contributed by atoms with Gasteiger partial charge in [-0.05, 0) is 39.8 Å². The SMILES string of the molecule is CC1=NC(C)(/C=C\C(=O)c2ccccc2)C(=O)OC1(C)C. The number of carbonyl (C=O) groups excluding carboxylic acids is 2. The molecule has 1 aromatic rings. The second-order valence-electron chi connectivity index (χ2n) is 5.81. The Hall–Kier alpha value is -2.23. The van der Waals surface area contributed by atoms with Crippen molar-refractivity contribution in [3.63, 3.8) is 0 Å². The van der Waals surface area contributed by atoms with Gasteiger partial charge in [0, 0.05) is 5.56 Å². The van der Waals surface area contributed by atoms with E-state index in [1.54, 1.807) is 45.0 Å². The number of ether oxygens (including phenoxy) is 1. The largest absolute Gasteiger partial charge is 0.451 e. The average Bonchev–Trinajstić information content (AvgIpc) is 2.44. The van der Waals surface area contributed by atoms with Gasteiger partial charge in [-0.2, -0.15) is 0 Å². The first-order valence-electron chi connectivity index (χ1n) is 6.84. The predicted octanol–water partition coefficient (Wildman–Crippen LogP) is 2.98. The highest BCUT2D eigenvalue weighted by molar-refractivity contribution is 6.06. The van der Waals surface area contributed by atoms with E-state index in [-0.39, 0.29) is 5.78 Å². The van der Waals surface area contributed by atoms with Crippen LogP contribution < -0.4 is 0 Å². The summed E-state index contributed by atoms with van der Waals surface area (Å²) in [5.41, 5.74) is -0.554. The highest BCUT2D eigenvalue weighted by Gasteiger charge is 2.42. The molecule has 110 valence electrons. The molecule has 0 fully saturated rings. The van der Waals surface area contributed by atoms with Gasteiger partial charge in [0.15, 0.2) is 11.3 Å². The van der Waals surface area contributed by atoms with Crippen molar-refractivity contribution in [2.45, 2.75) is 38.8 Å². The highest BCUT2D eigenvalue weighted by atomic mass is 16.6. The van der Waals surface area contributed by atoms with Gasteiger partial charge in [0.05, 0.1) is 5.71 Å². The molecule has 0 saturated heterocycles. The Morgan fingerprint density at radius 3 is 2.43 bits per heavy atom. The number of allylic oxidation sites excluding steroid dienone is 1. The van der Waals surface area contributed by atoms with E-state index >= 15 is 0 Å². The molecule has 4 heteroatoms. The molecule has 1 atom stereocenters. The van der Waals surface area contributed by atoms with E-state index in [1.165, 1.54) is 12.2 Å². The zero-order valence-corrected chi connectivity index (χ0v) is 12.7. The van der Waals surface area contributed by atoms with Crippen molar-refractivity contribution in [1.82, 2.24) is 0 Å². The van der Waals surface area contributed by atoms with Crippen LogP contribution in [-0.4, -0.2) is 28.6 Å². The Balaban J connectivity index is 2.26. The fourth-order valence-corrected chi connectivity index (χ4v) is 1.98. The van der Waals surface area contributed by atoms with Crippen molar-refractivity contribution in [2.24, 2.45) is 4.99 Å². The minimum Gasteiger partial charge on any atom is -0.451 e. The van der Waals surface area contributed by atoms with E-state index in [4.69, 9.17) is 4.74 Å². The molecule has 0 N–H and O–H groups in total. The molecule has 2 rings (SSSR count). The van der Waals surface area contributed by atoms with Crippen LogP contribution in [0, 0.1) is 0 Å². The molecule has 1 unspecified atom stereocenters. The molecule has 0 aliphatic carbocycles. The minimum atomic E-state index is -1.15. The van der Waals surface area contributed by atoms with Crippen LogP contribution in [0.1, 0.15) is 38.1 Å². The first kappa shape index (κ1) is 15.2. The smallest absolute Gasteiger partial charge is 0.338 e. The lowest BCUT2D eigenvalue weighted by Crippen LogP contribution is -2.49. The van der Waals surface area contributed by atoms with Gasteiger partial charge in [0.2, 0.25) is 0 Å². The maximum atomic E-state index is 12.1. The third-order valence-corrected chi connectivity index (χ3v) is 3.65. The third kappa shape index (κ3) is 3.10. The number of hydrogen-bond acceptors (Lipinski definition) is 4. The van der Waals surface area contributed by atoms with Crippen LogP contribution in [0.3, 0.4) is 0 Å². The summed E-state index contributed by atoms with van der Waals surface area (Å²) in [4.78, 5) is 28.6. The molecule has 1 heterocycles. The van der Waals surface area contributed by atoms with E-state index in [2.05, 4.69) is 4.99 Å². The first-order chi connectivity index (χ1) is 9.74. The lowest BCUT2D eigenvalue weighted by molar-refractivity contribution is -0.157. The number of ketones is 1. The van der Waals surface area contributed by atoms with Crippen LogP contribution in [0.25, 0.3) is 0 Å². The van der Waals surface area contributed by atoms with Crippen molar-refractivity contribution in [2.75, 3.05) is 0 Å². The summed E-state index contributed by atoms with van der Waals surface area (Å²) in [6, 6.07) is 8.89. The summed E-state index contributed by atoms with van der Waals surface area (Å²) in [5.74, 6) is -0.613. The van der Waals surface area contributed by atoms with Crippen LogP contribution in [0.2, 0.25) is 0 Å².